The molecule has 1 aromatic rings. The largest absolute Gasteiger partial charge is 0.460 e. The number of hydrogen-bond acceptors (Lipinski definition) is 4. The number of amides is 2. The second kappa shape index (κ2) is 11.1. The van der Waals surface area contributed by atoms with Crippen molar-refractivity contribution in [3.05, 3.63) is 35.4 Å². The highest BCUT2D eigenvalue weighted by Gasteiger charge is 2.18. The molecule has 0 aliphatic heterocycles. The van der Waals surface area contributed by atoms with Crippen LogP contribution in [0.3, 0.4) is 0 Å². The highest BCUT2D eigenvalue weighted by Crippen LogP contribution is 2.22. The molecule has 0 saturated carbocycles. The Bertz CT molecular complexity index is 712. The molecule has 0 radical (unpaired) electrons. The first kappa shape index (κ1) is 25.7. The van der Waals surface area contributed by atoms with Crippen LogP contribution in [-0.2, 0) is 19.7 Å². The number of hydrogen-bond donors (Lipinski definition) is 2. The average Bonchev–Trinajstić information content (AvgIpc) is 2.62. The maximum Gasteiger partial charge on any atom is 0.306 e. The Balaban J connectivity index is 2.29. The van der Waals surface area contributed by atoms with Gasteiger partial charge >= 0.3 is 5.97 Å². The van der Waals surface area contributed by atoms with Crippen molar-refractivity contribution in [2.45, 2.75) is 91.2 Å². The lowest BCUT2D eigenvalue weighted by atomic mass is 9.86. The minimum absolute atomic E-state index is 0.0229. The number of carbonyl (C=O) groups excluding carboxylic acids is 3. The first-order valence-electron chi connectivity index (χ1n) is 10.7. The Kier molecular flexibility index (Phi) is 9.53. The van der Waals surface area contributed by atoms with Crippen molar-refractivity contribution in [1.82, 2.24) is 10.6 Å². The van der Waals surface area contributed by atoms with E-state index in [0.29, 0.717) is 18.5 Å². The molecule has 30 heavy (non-hydrogen) atoms. The van der Waals surface area contributed by atoms with Gasteiger partial charge in [0.2, 0.25) is 5.91 Å². The van der Waals surface area contributed by atoms with E-state index >= 15 is 0 Å². The molecule has 0 fully saturated rings. The quantitative estimate of drug-likeness (QED) is 0.467. The summed E-state index contributed by atoms with van der Waals surface area (Å²) in [6.07, 6.45) is 2.69. The molecule has 0 aliphatic rings. The molecule has 168 valence electrons. The summed E-state index contributed by atoms with van der Waals surface area (Å²) in [5.74, 6) is -0.685. The summed E-state index contributed by atoms with van der Waals surface area (Å²) in [6, 6.07) is 6.83. The predicted molar refractivity (Wildman–Crippen MR) is 119 cm³/mol. The van der Waals surface area contributed by atoms with Crippen LogP contribution in [0.5, 0.6) is 0 Å². The van der Waals surface area contributed by atoms with E-state index < -0.39 is 11.6 Å². The Morgan fingerprint density at radius 1 is 0.933 bits per heavy atom. The molecule has 1 atom stereocenters. The van der Waals surface area contributed by atoms with E-state index in [2.05, 4.69) is 31.4 Å². The van der Waals surface area contributed by atoms with Crippen LogP contribution in [0, 0.1) is 0 Å². The van der Waals surface area contributed by atoms with E-state index in [1.807, 2.05) is 32.9 Å². The van der Waals surface area contributed by atoms with E-state index in [0.717, 1.165) is 24.8 Å². The lowest BCUT2D eigenvalue weighted by Gasteiger charge is -2.19. The molecular formula is C24H38N2O4. The highest BCUT2D eigenvalue weighted by molar-refractivity contribution is 5.97. The van der Waals surface area contributed by atoms with Crippen LogP contribution in [0.1, 0.15) is 90.1 Å². The van der Waals surface area contributed by atoms with Gasteiger partial charge in [0.15, 0.2) is 0 Å². The van der Waals surface area contributed by atoms with Crippen LogP contribution in [-0.4, -0.2) is 36.0 Å². The fourth-order valence-corrected chi connectivity index (χ4v) is 2.80. The monoisotopic (exact) mass is 418 g/mol. The summed E-state index contributed by atoms with van der Waals surface area (Å²) in [5, 5.41) is 5.56. The minimum atomic E-state index is -0.624. The van der Waals surface area contributed by atoms with Gasteiger partial charge in [-0.2, -0.15) is 0 Å². The number of unbranched alkanes of at least 4 members (excludes halogenated alkanes) is 2. The number of esters is 1. The summed E-state index contributed by atoms with van der Waals surface area (Å²) in [6.45, 7) is 14.1. The topological polar surface area (TPSA) is 84.5 Å². The third kappa shape index (κ3) is 9.90. The molecular weight excluding hydrogens is 380 g/mol. The van der Waals surface area contributed by atoms with Gasteiger partial charge in [0, 0.05) is 18.5 Å². The smallest absolute Gasteiger partial charge is 0.306 e. The second-order valence-electron chi connectivity index (χ2n) is 9.71. The Hall–Kier alpha value is -2.37. The first-order chi connectivity index (χ1) is 13.8. The third-order valence-corrected chi connectivity index (χ3v) is 4.53. The molecule has 0 unspecified atom stereocenters. The van der Waals surface area contributed by atoms with Crippen molar-refractivity contribution in [3.63, 3.8) is 0 Å². The number of carbonyl (C=O) groups is 3. The van der Waals surface area contributed by atoms with Crippen LogP contribution in [0.4, 0.5) is 0 Å². The normalized spacial score (nSPS) is 12.8. The minimum Gasteiger partial charge on any atom is -0.460 e. The van der Waals surface area contributed by atoms with Crippen molar-refractivity contribution in [1.29, 1.82) is 0 Å². The lowest BCUT2D eigenvalue weighted by molar-refractivity contribution is -0.154. The highest BCUT2D eigenvalue weighted by atomic mass is 16.6. The maximum absolute atomic E-state index is 12.4. The molecule has 0 heterocycles. The van der Waals surface area contributed by atoms with Gasteiger partial charge < -0.3 is 15.4 Å². The molecule has 0 aliphatic carbocycles. The molecule has 0 saturated heterocycles. The van der Waals surface area contributed by atoms with E-state index in [-0.39, 0.29) is 23.2 Å². The average molecular weight is 419 g/mol. The zero-order valence-corrected chi connectivity index (χ0v) is 19.6. The van der Waals surface area contributed by atoms with E-state index in [1.165, 1.54) is 0 Å². The fraction of sp³-hybridized carbons (Fsp3) is 0.625. The van der Waals surface area contributed by atoms with Crippen molar-refractivity contribution < 1.29 is 19.1 Å². The Labute approximate surface area is 181 Å². The zero-order chi connectivity index (χ0) is 22.9. The number of nitrogens with one attached hydrogen (secondary N) is 2. The molecule has 2 amide bonds. The van der Waals surface area contributed by atoms with Gasteiger partial charge in [0.1, 0.15) is 11.6 Å². The molecule has 0 spiro atoms. The van der Waals surface area contributed by atoms with Crippen LogP contribution in [0.2, 0.25) is 0 Å². The van der Waals surface area contributed by atoms with Gasteiger partial charge in [0.25, 0.3) is 5.91 Å². The van der Waals surface area contributed by atoms with E-state index in [4.69, 9.17) is 4.74 Å². The summed E-state index contributed by atoms with van der Waals surface area (Å²) in [4.78, 5) is 36.2. The Morgan fingerprint density at radius 2 is 1.53 bits per heavy atom. The van der Waals surface area contributed by atoms with Crippen molar-refractivity contribution in [2.75, 3.05) is 6.54 Å². The van der Waals surface area contributed by atoms with Gasteiger partial charge in [-0.05, 0) is 63.6 Å². The fourth-order valence-electron chi connectivity index (χ4n) is 2.80. The molecule has 6 heteroatoms. The van der Waals surface area contributed by atoms with Crippen molar-refractivity contribution in [2.24, 2.45) is 0 Å². The number of benzene rings is 1. The number of ether oxygens (including phenoxy) is 1. The summed E-state index contributed by atoms with van der Waals surface area (Å²) in [5.41, 5.74) is 1.25. The van der Waals surface area contributed by atoms with Gasteiger partial charge in [-0.1, -0.05) is 39.3 Å². The molecule has 1 rings (SSSR count). The van der Waals surface area contributed by atoms with Gasteiger partial charge in [-0.3, -0.25) is 14.4 Å². The SMILES string of the molecule is C[C@@H](NC(=O)c1ccc(C(C)(C)C)cc1)C(=O)NCCCCCC(=O)OC(C)(C)C. The molecule has 2 N–H and O–H groups in total. The van der Waals surface area contributed by atoms with Crippen LogP contribution >= 0.6 is 0 Å². The molecule has 1 aromatic carbocycles. The van der Waals surface area contributed by atoms with Gasteiger partial charge in [-0.15, -0.1) is 0 Å². The van der Waals surface area contributed by atoms with Crippen LogP contribution < -0.4 is 10.6 Å². The summed E-state index contributed by atoms with van der Waals surface area (Å²) < 4.78 is 5.26. The van der Waals surface area contributed by atoms with Crippen LogP contribution in [0.15, 0.2) is 24.3 Å². The zero-order valence-electron chi connectivity index (χ0n) is 19.6. The summed E-state index contributed by atoms with van der Waals surface area (Å²) >= 11 is 0. The predicted octanol–water partition coefficient (Wildman–Crippen LogP) is 4.12. The summed E-state index contributed by atoms with van der Waals surface area (Å²) in [7, 11) is 0. The Morgan fingerprint density at radius 3 is 2.07 bits per heavy atom. The van der Waals surface area contributed by atoms with Crippen molar-refractivity contribution in [3.8, 4) is 0 Å². The first-order valence-corrected chi connectivity index (χ1v) is 10.7. The van der Waals surface area contributed by atoms with E-state index in [9.17, 15) is 14.4 Å². The molecule has 0 bridgehead atoms. The van der Waals surface area contributed by atoms with Gasteiger partial charge in [-0.25, -0.2) is 0 Å². The second-order valence-corrected chi connectivity index (χ2v) is 9.71. The van der Waals surface area contributed by atoms with Crippen LogP contribution in [0.25, 0.3) is 0 Å². The van der Waals surface area contributed by atoms with E-state index in [1.54, 1.807) is 19.1 Å². The van der Waals surface area contributed by atoms with Crippen molar-refractivity contribution >= 4 is 17.8 Å². The number of rotatable bonds is 9. The van der Waals surface area contributed by atoms with Gasteiger partial charge in [0.05, 0.1) is 0 Å². The lowest BCUT2D eigenvalue weighted by Crippen LogP contribution is -2.45. The standard InChI is InChI=1S/C24H38N2O4/c1-17(26-22(29)18-12-14-19(15-13-18)23(2,3)4)21(28)25-16-10-8-9-11-20(27)30-24(5,6)7/h12-15,17H,8-11,16H2,1-7H3,(H,25,28)(H,26,29)/t17-/m1/s1. The third-order valence-electron chi connectivity index (χ3n) is 4.53. The maximum atomic E-state index is 12.4. The molecule has 0 aromatic heterocycles. The molecule has 6 nitrogen and oxygen atoms in total.